The van der Waals surface area contributed by atoms with E-state index in [1.54, 1.807) is 12.4 Å². The highest BCUT2D eigenvalue weighted by atomic mass is 35.5. The average Bonchev–Trinajstić information content (AvgIpc) is 2.78. The monoisotopic (exact) mass is 512 g/mol. The summed E-state index contributed by atoms with van der Waals surface area (Å²) in [5.41, 5.74) is 1.20. The Morgan fingerprint density at radius 3 is 2.32 bits per heavy atom. The molecular formula is C24H25Cl2F3N4O. The molecule has 0 aliphatic rings. The molecule has 1 N–H and O–H groups in total. The largest absolute Gasteiger partial charge is 0.417 e. The highest BCUT2D eigenvalue weighted by molar-refractivity contribution is 6.34. The van der Waals surface area contributed by atoms with Crippen LogP contribution < -0.4 is 5.32 Å². The number of halogens is 5. The van der Waals surface area contributed by atoms with Gasteiger partial charge in [0.05, 0.1) is 22.2 Å². The lowest BCUT2D eigenvalue weighted by Gasteiger charge is -2.33. The van der Waals surface area contributed by atoms with Crippen LogP contribution in [0.2, 0.25) is 5.02 Å². The van der Waals surface area contributed by atoms with E-state index >= 15 is 0 Å². The van der Waals surface area contributed by atoms with Crippen molar-refractivity contribution in [2.75, 3.05) is 14.1 Å². The zero-order valence-corrected chi connectivity index (χ0v) is 20.4. The van der Waals surface area contributed by atoms with E-state index in [0.717, 1.165) is 22.8 Å². The molecule has 1 amide bonds. The number of benzene rings is 2. The standard InChI is InChI=1S/C24H24ClF3N4O.ClH/c1-4-20(32(2)3)22(16-8-5-7-15(11-16)17-12-29-14-30-13-17)31-23(33)18-9-6-10-19(21(18)25)24(26,27)28;/h5-14,20,22H,4H2,1-3H3,(H,31,33);1H/t20-,22-;/m0./s1. The van der Waals surface area contributed by atoms with Crippen LogP contribution in [0.4, 0.5) is 13.2 Å². The Kier molecular flexibility index (Phi) is 9.44. The summed E-state index contributed by atoms with van der Waals surface area (Å²) in [6.45, 7) is 1.98. The fourth-order valence-corrected chi connectivity index (χ4v) is 4.12. The summed E-state index contributed by atoms with van der Waals surface area (Å²) in [6, 6.07) is 10.3. The summed E-state index contributed by atoms with van der Waals surface area (Å²) < 4.78 is 39.8. The van der Waals surface area contributed by atoms with Gasteiger partial charge in [0.25, 0.3) is 5.91 Å². The van der Waals surface area contributed by atoms with Gasteiger partial charge in [-0.15, -0.1) is 12.4 Å². The van der Waals surface area contributed by atoms with Crippen LogP contribution in [0.25, 0.3) is 11.1 Å². The summed E-state index contributed by atoms with van der Waals surface area (Å²) in [5, 5.41) is 2.30. The third-order valence-corrected chi connectivity index (χ3v) is 5.85. The second kappa shape index (κ2) is 11.6. The van der Waals surface area contributed by atoms with Crippen LogP contribution in [-0.4, -0.2) is 40.9 Å². The number of amides is 1. The molecule has 2 atom stereocenters. The van der Waals surface area contributed by atoms with Crippen molar-refractivity contribution < 1.29 is 18.0 Å². The van der Waals surface area contributed by atoms with Crippen LogP contribution in [-0.2, 0) is 6.18 Å². The van der Waals surface area contributed by atoms with E-state index in [1.165, 1.54) is 18.5 Å². The topological polar surface area (TPSA) is 58.1 Å². The number of hydrogen-bond acceptors (Lipinski definition) is 4. The van der Waals surface area contributed by atoms with E-state index in [4.69, 9.17) is 11.6 Å². The minimum atomic E-state index is -4.66. The molecule has 3 rings (SSSR count). The first-order chi connectivity index (χ1) is 15.6. The molecule has 10 heteroatoms. The fraction of sp³-hybridized carbons (Fsp3) is 0.292. The second-order valence-corrected chi connectivity index (χ2v) is 8.19. The number of carbonyl (C=O) groups is 1. The van der Waals surface area contributed by atoms with E-state index in [9.17, 15) is 18.0 Å². The second-order valence-electron chi connectivity index (χ2n) is 7.81. The first-order valence-corrected chi connectivity index (χ1v) is 10.7. The van der Waals surface area contributed by atoms with Gasteiger partial charge in [0.1, 0.15) is 6.33 Å². The van der Waals surface area contributed by atoms with Gasteiger partial charge in [0, 0.05) is 24.0 Å². The lowest BCUT2D eigenvalue weighted by atomic mass is 9.93. The van der Waals surface area contributed by atoms with Crippen molar-refractivity contribution in [2.24, 2.45) is 0 Å². The maximum absolute atomic E-state index is 13.3. The molecule has 0 fully saturated rings. The van der Waals surface area contributed by atoms with Crippen LogP contribution >= 0.6 is 24.0 Å². The van der Waals surface area contributed by atoms with E-state index in [-0.39, 0.29) is 24.0 Å². The van der Waals surface area contributed by atoms with Gasteiger partial charge >= 0.3 is 6.18 Å². The Labute approximate surface area is 207 Å². The number of nitrogens with zero attached hydrogens (tertiary/aromatic N) is 3. The number of aromatic nitrogens is 2. The number of hydrogen-bond donors (Lipinski definition) is 1. The Balaban J connectivity index is 0.00000408. The fourth-order valence-electron chi connectivity index (χ4n) is 3.81. The van der Waals surface area contributed by atoms with Gasteiger partial charge in [-0.05, 0) is 49.8 Å². The predicted octanol–water partition coefficient (Wildman–Crippen LogP) is 6.05. The molecule has 0 radical (unpaired) electrons. The van der Waals surface area contributed by atoms with Crippen molar-refractivity contribution >= 4 is 29.9 Å². The van der Waals surface area contributed by atoms with Crippen LogP contribution in [0.3, 0.4) is 0 Å². The molecule has 182 valence electrons. The Hall–Kier alpha value is -2.68. The molecule has 0 saturated carbocycles. The van der Waals surface area contributed by atoms with E-state index < -0.39 is 28.7 Å². The number of likely N-dealkylation sites (N-methyl/N-ethyl adjacent to an activating group) is 1. The molecule has 34 heavy (non-hydrogen) atoms. The van der Waals surface area contributed by atoms with Crippen LogP contribution in [0.1, 0.15) is 40.9 Å². The van der Waals surface area contributed by atoms with Gasteiger partial charge in [-0.25, -0.2) is 9.97 Å². The maximum atomic E-state index is 13.3. The first-order valence-electron chi connectivity index (χ1n) is 10.3. The minimum absolute atomic E-state index is 0. The van der Waals surface area contributed by atoms with Crippen molar-refractivity contribution in [3.63, 3.8) is 0 Å². The zero-order chi connectivity index (χ0) is 24.2. The van der Waals surface area contributed by atoms with Gasteiger partial charge in [-0.3, -0.25) is 4.79 Å². The summed E-state index contributed by atoms with van der Waals surface area (Å²) >= 11 is 5.99. The highest BCUT2D eigenvalue weighted by Gasteiger charge is 2.35. The van der Waals surface area contributed by atoms with Crippen molar-refractivity contribution in [3.8, 4) is 11.1 Å². The molecule has 0 aliphatic carbocycles. The lowest BCUT2D eigenvalue weighted by molar-refractivity contribution is -0.137. The molecule has 2 aromatic carbocycles. The van der Waals surface area contributed by atoms with E-state index in [0.29, 0.717) is 6.42 Å². The van der Waals surface area contributed by atoms with Gasteiger partial charge in [-0.2, -0.15) is 13.2 Å². The van der Waals surface area contributed by atoms with Crippen LogP contribution in [0.15, 0.2) is 61.2 Å². The zero-order valence-electron chi connectivity index (χ0n) is 18.8. The SMILES string of the molecule is CC[C@@H]([C@@H](NC(=O)c1cccc(C(F)(F)F)c1Cl)c1cccc(-c2cncnc2)c1)N(C)C.Cl. The van der Waals surface area contributed by atoms with Gasteiger partial charge in [0.2, 0.25) is 0 Å². The molecule has 1 heterocycles. The molecule has 3 aromatic rings. The Bertz CT molecular complexity index is 1110. The lowest BCUT2D eigenvalue weighted by Crippen LogP contribution is -2.43. The third-order valence-electron chi connectivity index (χ3n) is 5.44. The van der Waals surface area contributed by atoms with E-state index in [2.05, 4.69) is 15.3 Å². The number of alkyl halides is 3. The summed E-state index contributed by atoms with van der Waals surface area (Å²) in [7, 11) is 3.78. The van der Waals surface area contributed by atoms with Crippen LogP contribution in [0, 0.1) is 0 Å². The smallest absolute Gasteiger partial charge is 0.344 e. The number of rotatable bonds is 7. The quantitative estimate of drug-likeness (QED) is 0.418. The molecule has 0 bridgehead atoms. The first kappa shape index (κ1) is 27.6. The minimum Gasteiger partial charge on any atom is -0.344 e. The van der Waals surface area contributed by atoms with E-state index in [1.807, 2.05) is 50.2 Å². The molecular weight excluding hydrogens is 488 g/mol. The van der Waals surface area contributed by atoms with Crippen molar-refractivity contribution in [3.05, 3.63) is 82.9 Å². The van der Waals surface area contributed by atoms with Gasteiger partial charge < -0.3 is 10.2 Å². The van der Waals surface area contributed by atoms with Gasteiger partial charge in [0.15, 0.2) is 0 Å². The van der Waals surface area contributed by atoms with Crippen molar-refractivity contribution in [2.45, 2.75) is 31.6 Å². The normalized spacial score (nSPS) is 13.2. The average molecular weight is 513 g/mol. The molecule has 0 spiro atoms. The Morgan fingerprint density at radius 1 is 1.09 bits per heavy atom. The molecule has 5 nitrogen and oxygen atoms in total. The highest BCUT2D eigenvalue weighted by Crippen LogP contribution is 2.36. The summed E-state index contributed by atoms with van der Waals surface area (Å²) in [5.74, 6) is -0.676. The summed E-state index contributed by atoms with van der Waals surface area (Å²) in [4.78, 5) is 23.2. The Morgan fingerprint density at radius 2 is 1.74 bits per heavy atom. The number of nitrogens with one attached hydrogen (secondary N) is 1. The molecule has 0 saturated heterocycles. The van der Waals surface area contributed by atoms with Crippen LogP contribution in [0.5, 0.6) is 0 Å². The number of carbonyl (C=O) groups excluding carboxylic acids is 1. The predicted molar refractivity (Wildman–Crippen MR) is 129 cm³/mol. The summed E-state index contributed by atoms with van der Waals surface area (Å²) in [6.07, 6.45) is 0.840. The van der Waals surface area contributed by atoms with Crippen molar-refractivity contribution in [1.29, 1.82) is 0 Å². The molecule has 1 aromatic heterocycles. The molecule has 0 aliphatic heterocycles. The third kappa shape index (κ3) is 6.25. The maximum Gasteiger partial charge on any atom is 0.417 e. The van der Waals surface area contributed by atoms with Crippen molar-refractivity contribution in [1.82, 2.24) is 20.2 Å². The van der Waals surface area contributed by atoms with Gasteiger partial charge in [-0.1, -0.05) is 42.8 Å². The molecule has 0 unspecified atom stereocenters.